The number of halogens is 3. The summed E-state index contributed by atoms with van der Waals surface area (Å²) in [6, 6.07) is 1.53. The van der Waals surface area contributed by atoms with Crippen molar-refractivity contribution in [3.8, 4) is 0 Å². The predicted molar refractivity (Wildman–Crippen MR) is 90.2 cm³/mol. The van der Waals surface area contributed by atoms with Crippen LogP contribution in [0.1, 0.15) is 30.7 Å². The number of anilines is 2. The average molecular weight is 380 g/mol. The summed E-state index contributed by atoms with van der Waals surface area (Å²) in [5, 5.41) is 8.65. The minimum absolute atomic E-state index is 0.0887. The van der Waals surface area contributed by atoms with Crippen molar-refractivity contribution in [3.63, 3.8) is 0 Å². The van der Waals surface area contributed by atoms with Gasteiger partial charge in [-0.05, 0) is 13.0 Å². The summed E-state index contributed by atoms with van der Waals surface area (Å²) in [5.74, 6) is -0.733. The van der Waals surface area contributed by atoms with Gasteiger partial charge in [-0.25, -0.2) is 23.1 Å². The summed E-state index contributed by atoms with van der Waals surface area (Å²) >= 11 is 0. The highest BCUT2D eigenvalue weighted by Crippen LogP contribution is 2.26. The number of carbonyl (C=O) groups is 1. The topological polar surface area (TPSA) is 93.4 Å². The van der Waals surface area contributed by atoms with Crippen LogP contribution in [0.4, 0.5) is 29.3 Å². The van der Waals surface area contributed by atoms with E-state index >= 15 is 0 Å². The number of hydrogen-bond acceptors (Lipinski definition) is 5. The molecule has 8 nitrogen and oxygen atoms in total. The third-order valence-corrected chi connectivity index (χ3v) is 3.75. The first-order valence-corrected chi connectivity index (χ1v) is 7.77. The first kappa shape index (κ1) is 18.6. The molecule has 11 heteroatoms. The lowest BCUT2D eigenvalue weighted by Crippen LogP contribution is -2.22. The molecule has 0 spiro atoms. The number of urea groups is 1. The Bertz CT molecular complexity index is 978. The Hall–Kier alpha value is -3.21. The molecule has 0 saturated heterocycles. The number of nitrogens with one attached hydrogen (secondary N) is 2. The molecule has 2 N–H and O–H groups in total. The molecule has 0 radical (unpaired) electrons. The van der Waals surface area contributed by atoms with Crippen molar-refractivity contribution in [3.05, 3.63) is 47.9 Å². The lowest BCUT2D eigenvalue weighted by molar-refractivity contribution is 0.114. The van der Waals surface area contributed by atoms with Gasteiger partial charge in [-0.15, -0.1) is 5.10 Å². The van der Waals surface area contributed by atoms with Gasteiger partial charge >= 0.3 is 6.03 Å². The van der Waals surface area contributed by atoms with Gasteiger partial charge in [0.25, 0.3) is 6.43 Å². The molecule has 3 rings (SSSR count). The van der Waals surface area contributed by atoms with Crippen LogP contribution >= 0.6 is 0 Å². The predicted octanol–water partition coefficient (Wildman–Crippen LogP) is 3.55. The number of amides is 2. The zero-order valence-electron chi connectivity index (χ0n) is 14.3. The van der Waals surface area contributed by atoms with Gasteiger partial charge in [-0.1, -0.05) is 0 Å². The lowest BCUT2D eigenvalue weighted by atomic mass is 10.2. The number of ether oxygens (including phenoxy) is 1. The number of hydrogen-bond donors (Lipinski definition) is 2. The molecule has 1 unspecified atom stereocenters. The molecule has 0 aliphatic rings. The number of rotatable bonds is 5. The first-order chi connectivity index (χ1) is 12.9. The summed E-state index contributed by atoms with van der Waals surface area (Å²) in [6.45, 7) is 1.69. The van der Waals surface area contributed by atoms with Crippen LogP contribution < -0.4 is 10.6 Å². The third kappa shape index (κ3) is 3.97. The highest BCUT2D eigenvalue weighted by Gasteiger charge is 2.19. The number of methoxy groups -OCH3 is 1. The molecule has 3 aromatic rings. The van der Waals surface area contributed by atoms with Gasteiger partial charge in [-0.2, -0.15) is 4.39 Å². The second-order valence-corrected chi connectivity index (χ2v) is 5.56. The molecule has 0 aliphatic heterocycles. The fourth-order valence-electron chi connectivity index (χ4n) is 2.45. The van der Waals surface area contributed by atoms with Gasteiger partial charge in [0, 0.05) is 24.9 Å². The number of pyridine rings is 1. The van der Waals surface area contributed by atoms with E-state index in [1.165, 1.54) is 24.0 Å². The Kier molecular flexibility index (Phi) is 5.21. The van der Waals surface area contributed by atoms with E-state index in [1.807, 2.05) is 0 Å². The molecule has 0 aliphatic carbocycles. The van der Waals surface area contributed by atoms with Gasteiger partial charge < -0.3 is 15.4 Å². The van der Waals surface area contributed by atoms with Crippen molar-refractivity contribution < 1.29 is 22.7 Å². The van der Waals surface area contributed by atoms with Crippen LogP contribution in [-0.4, -0.2) is 32.7 Å². The minimum atomic E-state index is -2.71. The fourth-order valence-corrected chi connectivity index (χ4v) is 2.45. The summed E-state index contributed by atoms with van der Waals surface area (Å²) in [4.78, 5) is 19.9. The lowest BCUT2D eigenvalue weighted by Gasteiger charge is -2.17. The Morgan fingerprint density at radius 2 is 2.00 bits per heavy atom. The molecule has 0 saturated carbocycles. The van der Waals surface area contributed by atoms with Crippen molar-refractivity contribution in [1.29, 1.82) is 0 Å². The van der Waals surface area contributed by atoms with Crippen molar-refractivity contribution in [2.24, 2.45) is 0 Å². The maximum absolute atomic E-state index is 13.5. The van der Waals surface area contributed by atoms with E-state index < -0.39 is 24.5 Å². The number of carbonyl (C=O) groups excluding carboxylic acids is 1. The van der Waals surface area contributed by atoms with E-state index in [4.69, 9.17) is 4.74 Å². The molecule has 0 bridgehead atoms. The van der Waals surface area contributed by atoms with Gasteiger partial charge in [0.1, 0.15) is 0 Å². The fraction of sp³-hybridized carbons (Fsp3) is 0.250. The van der Waals surface area contributed by atoms with Crippen LogP contribution in [0.15, 0.2) is 30.7 Å². The average Bonchev–Trinajstić information content (AvgIpc) is 3.01. The van der Waals surface area contributed by atoms with Crippen molar-refractivity contribution in [1.82, 2.24) is 19.6 Å². The monoisotopic (exact) mass is 380 g/mol. The molecule has 0 aromatic carbocycles. The molecular formula is C16H15F3N6O2. The second-order valence-electron chi connectivity index (χ2n) is 5.56. The van der Waals surface area contributed by atoms with E-state index in [-0.39, 0.29) is 22.6 Å². The molecule has 3 heterocycles. The summed E-state index contributed by atoms with van der Waals surface area (Å²) in [7, 11) is 1.45. The minimum Gasteiger partial charge on any atom is -0.375 e. The number of aromatic nitrogens is 4. The molecule has 3 aromatic heterocycles. The number of alkyl halides is 2. The van der Waals surface area contributed by atoms with Crippen LogP contribution in [0.5, 0.6) is 0 Å². The summed E-state index contributed by atoms with van der Waals surface area (Å²) < 4.78 is 45.4. The Balaban J connectivity index is 1.87. The Labute approximate surface area is 151 Å². The van der Waals surface area contributed by atoms with E-state index in [9.17, 15) is 18.0 Å². The maximum atomic E-state index is 13.5. The van der Waals surface area contributed by atoms with E-state index in [0.29, 0.717) is 5.69 Å². The van der Waals surface area contributed by atoms with Crippen LogP contribution in [0, 0.1) is 5.95 Å². The van der Waals surface area contributed by atoms with Crippen LogP contribution in [0.25, 0.3) is 5.65 Å². The van der Waals surface area contributed by atoms with Crippen molar-refractivity contribution in [2.75, 3.05) is 17.7 Å². The number of fused-ring (bicyclic) bond motifs is 1. The molecule has 1 atom stereocenters. The van der Waals surface area contributed by atoms with Crippen molar-refractivity contribution in [2.45, 2.75) is 19.5 Å². The normalized spacial score (nSPS) is 12.4. The van der Waals surface area contributed by atoms with Crippen LogP contribution in [-0.2, 0) is 4.74 Å². The maximum Gasteiger partial charge on any atom is 0.323 e. The Morgan fingerprint density at radius 3 is 2.70 bits per heavy atom. The van der Waals surface area contributed by atoms with Gasteiger partial charge in [0.05, 0.1) is 35.6 Å². The van der Waals surface area contributed by atoms with Gasteiger partial charge in [0.15, 0.2) is 5.65 Å². The SMILES string of the molecule is COC(C)c1c(NC(=O)Nc2cncc(C(F)F)c2)cnc2cc(F)nn12. The number of nitrogens with zero attached hydrogens (tertiary/aromatic N) is 4. The highest BCUT2D eigenvalue weighted by atomic mass is 19.3. The summed E-state index contributed by atoms with van der Waals surface area (Å²) in [5.41, 5.74) is 0.588. The summed E-state index contributed by atoms with van der Waals surface area (Å²) in [6.07, 6.45) is 0.311. The van der Waals surface area contributed by atoms with Crippen LogP contribution in [0.3, 0.4) is 0 Å². The molecule has 142 valence electrons. The first-order valence-electron chi connectivity index (χ1n) is 7.77. The van der Waals surface area contributed by atoms with E-state index in [0.717, 1.165) is 18.3 Å². The largest absolute Gasteiger partial charge is 0.375 e. The van der Waals surface area contributed by atoms with Gasteiger partial charge in [0.2, 0.25) is 5.95 Å². The van der Waals surface area contributed by atoms with E-state index in [1.54, 1.807) is 6.92 Å². The third-order valence-electron chi connectivity index (χ3n) is 3.75. The van der Waals surface area contributed by atoms with E-state index in [2.05, 4.69) is 25.7 Å². The highest BCUT2D eigenvalue weighted by molar-refractivity contribution is 6.00. The zero-order valence-corrected chi connectivity index (χ0v) is 14.3. The van der Waals surface area contributed by atoms with Gasteiger partial charge in [-0.3, -0.25) is 4.98 Å². The van der Waals surface area contributed by atoms with Crippen LogP contribution in [0.2, 0.25) is 0 Å². The van der Waals surface area contributed by atoms with Crippen molar-refractivity contribution >= 4 is 23.1 Å². The molecule has 0 fully saturated rings. The quantitative estimate of drug-likeness (QED) is 0.706. The Morgan fingerprint density at radius 1 is 1.22 bits per heavy atom. The molecule has 2 amide bonds. The molecular weight excluding hydrogens is 365 g/mol. The standard InChI is InChI=1S/C16H15F3N6O2/c1-8(27-2)14-11(7-21-13-4-12(17)24-25(13)14)23-16(26)22-10-3-9(15(18)19)5-20-6-10/h3-8,15H,1-2H3,(H2,22,23,26). The zero-order chi connectivity index (χ0) is 19.6. The second kappa shape index (κ2) is 7.58. The molecule has 27 heavy (non-hydrogen) atoms. The smallest absolute Gasteiger partial charge is 0.323 e.